The van der Waals surface area contributed by atoms with Crippen LogP contribution in [0.25, 0.3) is 17.4 Å². The number of allylic oxidation sites excluding steroid dienone is 1. The molecular formula is C27H19Cl2N3O6S. The number of hydrogen-bond acceptors (Lipinski definition) is 8. The van der Waals surface area contributed by atoms with Crippen molar-refractivity contribution in [3.05, 3.63) is 117 Å². The summed E-state index contributed by atoms with van der Waals surface area (Å²) in [6.07, 6.45) is 1.64. The minimum absolute atomic E-state index is 0.0951. The second kappa shape index (κ2) is 10.6. The van der Waals surface area contributed by atoms with Crippen molar-refractivity contribution in [2.24, 2.45) is 4.99 Å². The molecule has 0 bridgehead atoms. The summed E-state index contributed by atoms with van der Waals surface area (Å²) in [7, 11) is 0. The number of nitrogens with zero attached hydrogens (tertiary/aromatic N) is 3. The predicted octanol–water partition coefficient (Wildman–Crippen LogP) is 5.27. The maximum absolute atomic E-state index is 13.7. The van der Waals surface area contributed by atoms with Crippen LogP contribution >= 0.6 is 34.5 Å². The van der Waals surface area contributed by atoms with Crippen molar-refractivity contribution in [2.45, 2.75) is 19.9 Å². The van der Waals surface area contributed by atoms with Gasteiger partial charge in [-0.15, -0.1) is 0 Å². The van der Waals surface area contributed by atoms with Crippen LogP contribution in [0, 0.1) is 10.1 Å². The molecule has 0 N–H and O–H groups in total. The lowest BCUT2D eigenvalue weighted by Gasteiger charge is -2.22. The lowest BCUT2D eigenvalue weighted by atomic mass is 10.0. The molecule has 0 amide bonds. The number of hydrogen-bond donors (Lipinski definition) is 0. The van der Waals surface area contributed by atoms with E-state index in [1.54, 1.807) is 62.4 Å². The van der Waals surface area contributed by atoms with E-state index in [9.17, 15) is 19.7 Å². The largest absolute Gasteiger partial charge is 0.463 e. The molecule has 0 spiro atoms. The van der Waals surface area contributed by atoms with Crippen LogP contribution < -0.4 is 14.9 Å². The third kappa shape index (κ3) is 5.06. The lowest BCUT2D eigenvalue weighted by Crippen LogP contribution is -2.39. The summed E-state index contributed by atoms with van der Waals surface area (Å²) in [6.45, 7) is 3.47. The smallest absolute Gasteiger partial charge is 0.338 e. The summed E-state index contributed by atoms with van der Waals surface area (Å²) < 4.78 is 13.1. The number of ether oxygens (including phenoxy) is 1. The number of benzene rings is 2. The third-order valence-electron chi connectivity index (χ3n) is 6.00. The summed E-state index contributed by atoms with van der Waals surface area (Å²) in [4.78, 5) is 42.5. The summed E-state index contributed by atoms with van der Waals surface area (Å²) in [5.74, 6) is -0.0280. The maximum atomic E-state index is 13.7. The number of thiazole rings is 1. The highest BCUT2D eigenvalue weighted by molar-refractivity contribution is 7.07. The zero-order valence-electron chi connectivity index (χ0n) is 20.5. The first-order valence-electron chi connectivity index (χ1n) is 11.7. The van der Waals surface area contributed by atoms with Crippen molar-refractivity contribution in [1.82, 2.24) is 4.57 Å². The van der Waals surface area contributed by atoms with Crippen molar-refractivity contribution in [3.63, 3.8) is 0 Å². The number of aromatic nitrogens is 1. The fourth-order valence-corrected chi connectivity index (χ4v) is 5.75. The zero-order valence-corrected chi connectivity index (χ0v) is 22.8. The monoisotopic (exact) mass is 583 g/mol. The van der Waals surface area contributed by atoms with Gasteiger partial charge in [0.1, 0.15) is 17.6 Å². The Morgan fingerprint density at radius 3 is 2.74 bits per heavy atom. The molecule has 12 heteroatoms. The molecule has 1 atom stereocenters. The van der Waals surface area contributed by atoms with Crippen molar-refractivity contribution in [1.29, 1.82) is 0 Å². The second-order valence-corrected chi connectivity index (χ2v) is 10.3. The Morgan fingerprint density at radius 1 is 1.23 bits per heavy atom. The van der Waals surface area contributed by atoms with E-state index in [-0.39, 0.29) is 23.6 Å². The molecule has 198 valence electrons. The van der Waals surface area contributed by atoms with Crippen LogP contribution in [0.4, 0.5) is 5.69 Å². The van der Waals surface area contributed by atoms with Gasteiger partial charge < -0.3 is 9.15 Å². The van der Waals surface area contributed by atoms with Crippen molar-refractivity contribution >= 4 is 52.3 Å². The lowest BCUT2D eigenvalue weighted by molar-refractivity contribution is -0.384. The molecule has 0 radical (unpaired) electrons. The van der Waals surface area contributed by atoms with Crippen molar-refractivity contribution < 1.29 is 18.9 Å². The average molecular weight is 584 g/mol. The van der Waals surface area contributed by atoms with E-state index in [0.29, 0.717) is 42.0 Å². The van der Waals surface area contributed by atoms with Gasteiger partial charge in [-0.2, -0.15) is 0 Å². The van der Waals surface area contributed by atoms with Crippen LogP contribution in [0.3, 0.4) is 0 Å². The van der Waals surface area contributed by atoms with Gasteiger partial charge in [0, 0.05) is 27.7 Å². The van der Waals surface area contributed by atoms with Gasteiger partial charge in [0.25, 0.3) is 11.2 Å². The van der Waals surface area contributed by atoms with Crippen LogP contribution in [0.15, 0.2) is 80.1 Å². The van der Waals surface area contributed by atoms with E-state index >= 15 is 0 Å². The molecule has 4 aromatic rings. The van der Waals surface area contributed by atoms with Crippen LogP contribution in [-0.4, -0.2) is 22.1 Å². The van der Waals surface area contributed by atoms with E-state index in [1.165, 1.54) is 16.7 Å². The summed E-state index contributed by atoms with van der Waals surface area (Å²) >= 11 is 13.5. The van der Waals surface area contributed by atoms with Gasteiger partial charge in [-0.3, -0.25) is 19.5 Å². The SMILES string of the molecule is CCOC(=O)C1=C(C)N=c2s/c(=C\c3ccc(Cl)cc3Cl)c(=O)n2[C@H]1c1ccc(-c2cccc([N+](=O)[O-])c2)o1. The minimum atomic E-state index is -0.976. The third-order valence-corrected chi connectivity index (χ3v) is 7.55. The molecule has 0 saturated carbocycles. The number of carbonyl (C=O) groups excluding carboxylic acids is 1. The van der Waals surface area contributed by atoms with Gasteiger partial charge in [-0.05, 0) is 49.8 Å². The fourth-order valence-electron chi connectivity index (χ4n) is 4.25. The highest BCUT2D eigenvalue weighted by atomic mass is 35.5. The molecule has 1 aliphatic heterocycles. The highest BCUT2D eigenvalue weighted by Crippen LogP contribution is 2.35. The molecule has 0 fully saturated rings. The van der Waals surface area contributed by atoms with Gasteiger partial charge in [-0.25, -0.2) is 9.79 Å². The molecule has 0 unspecified atom stereocenters. The summed E-state index contributed by atoms with van der Waals surface area (Å²) in [6, 6.07) is 13.2. The Morgan fingerprint density at radius 2 is 2.03 bits per heavy atom. The van der Waals surface area contributed by atoms with Crippen LogP contribution in [0.2, 0.25) is 10.0 Å². The van der Waals surface area contributed by atoms with Crippen LogP contribution in [0.1, 0.15) is 31.2 Å². The van der Waals surface area contributed by atoms with Gasteiger partial charge in [-0.1, -0.05) is 52.7 Å². The molecule has 0 aliphatic carbocycles. The molecule has 0 saturated heterocycles. The van der Waals surface area contributed by atoms with Gasteiger partial charge >= 0.3 is 5.97 Å². The Labute approximate surface area is 235 Å². The number of nitro groups is 1. The molecule has 1 aliphatic rings. The Hall–Kier alpha value is -3.99. The Balaban J connectivity index is 1.69. The molecular weight excluding hydrogens is 565 g/mol. The van der Waals surface area contributed by atoms with E-state index in [4.69, 9.17) is 32.4 Å². The standard InChI is InChI=1S/C27H19Cl2N3O6S/c1-3-37-26(34)23-14(2)30-27-31(25(33)22(39-27)12-15-7-8-17(28)13-19(15)29)24(23)21-10-9-20(38-21)16-5-4-6-18(11-16)32(35)36/h4-13,24H,3H2,1-2H3/b22-12-/t24-/m0/s1. The van der Waals surface area contributed by atoms with E-state index in [2.05, 4.69) is 4.99 Å². The molecule has 3 heterocycles. The number of nitro benzene ring substituents is 1. The Kier molecular flexibility index (Phi) is 7.26. The average Bonchev–Trinajstić information content (AvgIpc) is 3.50. The number of rotatable bonds is 6. The number of halogens is 2. The van der Waals surface area contributed by atoms with Gasteiger partial charge in [0.05, 0.1) is 27.3 Å². The normalized spacial score (nSPS) is 15.2. The minimum Gasteiger partial charge on any atom is -0.463 e. The summed E-state index contributed by atoms with van der Waals surface area (Å²) in [5.41, 5.74) is 1.10. The first-order valence-corrected chi connectivity index (χ1v) is 13.2. The number of carbonyl (C=O) groups is 1. The quantitative estimate of drug-likeness (QED) is 0.173. The van der Waals surface area contributed by atoms with Crippen molar-refractivity contribution in [2.75, 3.05) is 6.61 Å². The maximum Gasteiger partial charge on any atom is 0.338 e. The van der Waals surface area contributed by atoms with Crippen LogP contribution in [-0.2, 0) is 9.53 Å². The number of non-ortho nitro benzene ring substituents is 1. The van der Waals surface area contributed by atoms with E-state index < -0.39 is 22.5 Å². The fraction of sp³-hybridized carbons (Fsp3) is 0.148. The molecule has 2 aromatic heterocycles. The molecule has 2 aromatic carbocycles. The van der Waals surface area contributed by atoms with Crippen molar-refractivity contribution in [3.8, 4) is 11.3 Å². The number of esters is 1. The number of fused-ring (bicyclic) bond motifs is 1. The zero-order chi connectivity index (χ0) is 27.8. The summed E-state index contributed by atoms with van der Waals surface area (Å²) in [5, 5.41) is 12.1. The van der Waals surface area contributed by atoms with E-state index in [0.717, 1.165) is 11.3 Å². The Bertz CT molecular complexity index is 1850. The second-order valence-electron chi connectivity index (χ2n) is 8.48. The van der Waals surface area contributed by atoms with Crippen LogP contribution in [0.5, 0.6) is 0 Å². The molecule has 5 rings (SSSR count). The van der Waals surface area contributed by atoms with E-state index in [1.807, 2.05) is 0 Å². The van der Waals surface area contributed by atoms with Gasteiger partial charge in [0.2, 0.25) is 0 Å². The number of furan rings is 1. The highest BCUT2D eigenvalue weighted by Gasteiger charge is 2.35. The predicted molar refractivity (Wildman–Crippen MR) is 148 cm³/mol. The topological polar surface area (TPSA) is 117 Å². The first-order chi connectivity index (χ1) is 18.7. The first kappa shape index (κ1) is 26.6. The molecule has 9 nitrogen and oxygen atoms in total. The van der Waals surface area contributed by atoms with Gasteiger partial charge in [0.15, 0.2) is 4.80 Å². The molecule has 39 heavy (non-hydrogen) atoms.